The van der Waals surface area contributed by atoms with Gasteiger partial charge in [0.1, 0.15) is 6.33 Å². The fourth-order valence-electron chi connectivity index (χ4n) is 1.87. The Hall–Kier alpha value is -3.00. The maximum atomic E-state index is 12.9. The van der Waals surface area contributed by atoms with Gasteiger partial charge in [0.2, 0.25) is 5.91 Å². The molecular weight excluding hydrogens is 361 g/mol. The molecule has 0 saturated carbocycles. The van der Waals surface area contributed by atoms with Crippen molar-refractivity contribution in [3.05, 3.63) is 53.6 Å². The van der Waals surface area contributed by atoms with Crippen LogP contribution in [0.15, 0.2) is 41.8 Å². The van der Waals surface area contributed by atoms with Crippen molar-refractivity contribution in [1.82, 2.24) is 14.7 Å². The number of nitrogens with one attached hydrogen (secondary N) is 1. The van der Waals surface area contributed by atoms with Gasteiger partial charge in [0.05, 0.1) is 28.5 Å². The molecule has 11 heteroatoms. The molecule has 0 aliphatic rings. The predicted octanol–water partition coefficient (Wildman–Crippen LogP) is 1.41. The third-order valence-corrected chi connectivity index (χ3v) is 4.33. The standard InChI is InChI=1S/C14H9F3N4O3S/c15-14(16,17)12-4-11(2-1-10(12)5-18)25(23,24)21-13(22)3-9-6-19-8-20-7-9/h1-2,4,6-8H,3H2,(H,21,22). The second-order valence-corrected chi connectivity index (χ2v) is 6.45. The number of sulfonamides is 1. The minimum Gasteiger partial charge on any atom is -0.274 e. The topological polar surface area (TPSA) is 113 Å². The SMILES string of the molecule is N#Cc1ccc(S(=O)(=O)NC(=O)Cc2cncnc2)cc1C(F)(F)F. The van der Waals surface area contributed by atoms with Gasteiger partial charge in [-0.05, 0) is 23.8 Å². The van der Waals surface area contributed by atoms with E-state index in [1.54, 1.807) is 4.72 Å². The number of halogens is 3. The van der Waals surface area contributed by atoms with Gasteiger partial charge in [0.25, 0.3) is 10.0 Å². The number of benzene rings is 1. The van der Waals surface area contributed by atoms with Crippen molar-refractivity contribution >= 4 is 15.9 Å². The number of carbonyl (C=O) groups is 1. The normalized spacial score (nSPS) is 11.6. The van der Waals surface area contributed by atoms with Crippen LogP contribution in [0.4, 0.5) is 13.2 Å². The number of rotatable bonds is 4. The van der Waals surface area contributed by atoms with Crippen molar-refractivity contribution in [2.75, 3.05) is 0 Å². The Bertz CT molecular complexity index is 938. The molecule has 2 aromatic rings. The van der Waals surface area contributed by atoms with Crippen molar-refractivity contribution < 1.29 is 26.4 Å². The summed E-state index contributed by atoms with van der Waals surface area (Å²) in [5.74, 6) is -0.965. The number of aromatic nitrogens is 2. The molecule has 130 valence electrons. The first-order valence-electron chi connectivity index (χ1n) is 6.54. The van der Waals surface area contributed by atoms with E-state index in [2.05, 4.69) is 9.97 Å². The average molecular weight is 370 g/mol. The molecule has 1 aromatic heterocycles. The molecule has 0 atom stereocenters. The van der Waals surface area contributed by atoms with E-state index in [1.165, 1.54) is 24.8 Å². The van der Waals surface area contributed by atoms with Gasteiger partial charge in [-0.3, -0.25) is 4.79 Å². The summed E-state index contributed by atoms with van der Waals surface area (Å²) in [6.45, 7) is 0. The number of carbonyl (C=O) groups excluding carboxylic acids is 1. The summed E-state index contributed by atoms with van der Waals surface area (Å²) in [4.78, 5) is 18.3. The first kappa shape index (κ1) is 18.3. The first-order chi connectivity index (χ1) is 11.6. The van der Waals surface area contributed by atoms with E-state index in [-0.39, 0.29) is 6.42 Å². The van der Waals surface area contributed by atoms with Crippen molar-refractivity contribution in [3.8, 4) is 6.07 Å². The summed E-state index contributed by atoms with van der Waals surface area (Å²) in [6, 6.07) is 3.19. The highest BCUT2D eigenvalue weighted by atomic mass is 32.2. The first-order valence-corrected chi connectivity index (χ1v) is 8.02. The minimum absolute atomic E-state index is 0.305. The summed E-state index contributed by atoms with van der Waals surface area (Å²) in [7, 11) is -4.54. The van der Waals surface area contributed by atoms with Gasteiger partial charge in [-0.1, -0.05) is 0 Å². The van der Waals surface area contributed by atoms with Gasteiger partial charge in [0.15, 0.2) is 0 Å². The molecule has 0 radical (unpaired) electrons. The second kappa shape index (κ2) is 6.86. The van der Waals surface area contributed by atoms with Crippen LogP contribution in [0.1, 0.15) is 16.7 Å². The van der Waals surface area contributed by atoms with Crippen molar-refractivity contribution in [1.29, 1.82) is 5.26 Å². The van der Waals surface area contributed by atoms with Gasteiger partial charge >= 0.3 is 6.18 Å². The maximum absolute atomic E-state index is 12.9. The zero-order valence-corrected chi connectivity index (χ0v) is 13.1. The highest BCUT2D eigenvalue weighted by Gasteiger charge is 2.35. The Kier molecular flexibility index (Phi) is 5.03. The highest BCUT2D eigenvalue weighted by Crippen LogP contribution is 2.33. The molecule has 0 aliphatic heterocycles. The molecule has 2 rings (SSSR count). The number of hydrogen-bond donors (Lipinski definition) is 1. The van der Waals surface area contributed by atoms with Crippen LogP contribution in [-0.4, -0.2) is 24.3 Å². The molecule has 0 bridgehead atoms. The van der Waals surface area contributed by atoms with Crippen molar-refractivity contribution in [2.24, 2.45) is 0 Å². The molecule has 1 heterocycles. The zero-order valence-electron chi connectivity index (χ0n) is 12.3. The molecule has 0 saturated heterocycles. The summed E-state index contributed by atoms with van der Waals surface area (Å²) < 4.78 is 64.6. The zero-order chi connectivity index (χ0) is 18.7. The third kappa shape index (κ3) is 4.51. The summed E-state index contributed by atoms with van der Waals surface area (Å²) in [6.07, 6.45) is -1.48. The van der Waals surface area contributed by atoms with E-state index in [4.69, 9.17) is 5.26 Å². The predicted molar refractivity (Wildman–Crippen MR) is 77.2 cm³/mol. The smallest absolute Gasteiger partial charge is 0.274 e. The van der Waals surface area contributed by atoms with E-state index in [9.17, 15) is 26.4 Å². The number of nitrogens with zero attached hydrogens (tertiary/aromatic N) is 3. The van der Waals surface area contributed by atoms with Crippen LogP contribution >= 0.6 is 0 Å². The van der Waals surface area contributed by atoms with E-state index < -0.39 is 38.1 Å². The summed E-state index contributed by atoms with van der Waals surface area (Å²) in [5.41, 5.74) is -1.80. The van der Waals surface area contributed by atoms with E-state index >= 15 is 0 Å². The Morgan fingerprint density at radius 2 is 1.88 bits per heavy atom. The average Bonchev–Trinajstić information content (AvgIpc) is 2.53. The van der Waals surface area contributed by atoms with Crippen LogP contribution in [0.25, 0.3) is 0 Å². The molecule has 1 N–H and O–H groups in total. The third-order valence-electron chi connectivity index (χ3n) is 2.95. The minimum atomic E-state index is -4.91. The molecule has 0 unspecified atom stereocenters. The van der Waals surface area contributed by atoms with Crippen LogP contribution < -0.4 is 4.72 Å². The number of alkyl halides is 3. The lowest BCUT2D eigenvalue weighted by Gasteiger charge is -2.12. The highest BCUT2D eigenvalue weighted by molar-refractivity contribution is 7.90. The fourth-order valence-corrected chi connectivity index (χ4v) is 2.88. The van der Waals surface area contributed by atoms with Crippen LogP contribution in [0.3, 0.4) is 0 Å². The van der Waals surface area contributed by atoms with E-state index in [0.717, 1.165) is 12.1 Å². The quantitative estimate of drug-likeness (QED) is 0.871. The number of hydrogen-bond acceptors (Lipinski definition) is 6. The number of amides is 1. The Morgan fingerprint density at radius 3 is 2.44 bits per heavy atom. The van der Waals surface area contributed by atoms with E-state index in [0.29, 0.717) is 11.6 Å². The molecule has 7 nitrogen and oxygen atoms in total. The number of nitriles is 1. The molecule has 0 aliphatic carbocycles. The fraction of sp³-hybridized carbons (Fsp3) is 0.143. The van der Waals surface area contributed by atoms with Crippen LogP contribution in [0.5, 0.6) is 0 Å². The van der Waals surface area contributed by atoms with Crippen LogP contribution in [-0.2, 0) is 27.4 Å². The van der Waals surface area contributed by atoms with Crippen molar-refractivity contribution in [2.45, 2.75) is 17.5 Å². The van der Waals surface area contributed by atoms with Crippen molar-refractivity contribution in [3.63, 3.8) is 0 Å². The van der Waals surface area contributed by atoms with E-state index in [1.807, 2.05) is 0 Å². The Balaban J connectivity index is 2.28. The molecular formula is C14H9F3N4O3S. The van der Waals surface area contributed by atoms with Gasteiger partial charge in [-0.25, -0.2) is 23.1 Å². The second-order valence-electron chi connectivity index (χ2n) is 4.77. The lowest BCUT2D eigenvalue weighted by Crippen LogP contribution is -2.32. The van der Waals surface area contributed by atoms with Gasteiger partial charge < -0.3 is 0 Å². The molecule has 1 amide bonds. The molecule has 0 fully saturated rings. The molecule has 0 spiro atoms. The largest absolute Gasteiger partial charge is 0.417 e. The molecule has 25 heavy (non-hydrogen) atoms. The van der Waals surface area contributed by atoms with Gasteiger partial charge in [-0.2, -0.15) is 18.4 Å². The molecule has 1 aromatic carbocycles. The van der Waals surface area contributed by atoms with Gasteiger partial charge in [0, 0.05) is 12.4 Å². The van der Waals surface area contributed by atoms with Crippen LogP contribution in [0.2, 0.25) is 0 Å². The summed E-state index contributed by atoms with van der Waals surface area (Å²) >= 11 is 0. The Morgan fingerprint density at radius 1 is 1.24 bits per heavy atom. The van der Waals surface area contributed by atoms with Gasteiger partial charge in [-0.15, -0.1) is 0 Å². The Labute approximate surface area is 140 Å². The maximum Gasteiger partial charge on any atom is 0.417 e. The lowest BCUT2D eigenvalue weighted by atomic mass is 10.1. The van der Waals surface area contributed by atoms with Crippen LogP contribution in [0, 0.1) is 11.3 Å². The lowest BCUT2D eigenvalue weighted by molar-refractivity contribution is -0.137. The summed E-state index contributed by atoms with van der Waals surface area (Å²) in [5, 5.41) is 8.70. The monoisotopic (exact) mass is 370 g/mol.